The molecule has 2 aliphatic heterocycles. The number of benzene rings is 2. The van der Waals surface area contributed by atoms with E-state index in [1.165, 1.54) is 10.7 Å². The highest BCUT2D eigenvalue weighted by Crippen LogP contribution is 2.39. The average molecular weight is 634 g/mol. The summed E-state index contributed by atoms with van der Waals surface area (Å²) in [6, 6.07) is 13.5. The van der Waals surface area contributed by atoms with Crippen molar-refractivity contribution in [3.8, 4) is 22.7 Å². The Morgan fingerprint density at radius 1 is 0.891 bits per heavy atom. The van der Waals surface area contributed by atoms with Gasteiger partial charge in [-0.3, -0.25) is 9.69 Å². The lowest BCUT2D eigenvalue weighted by molar-refractivity contribution is -0.137. The molecule has 0 atom stereocenters. The summed E-state index contributed by atoms with van der Waals surface area (Å²) in [5, 5.41) is 15.7. The fourth-order valence-electron chi connectivity index (χ4n) is 6.36. The smallest absolute Gasteiger partial charge is 0.418 e. The number of anilines is 1. The zero-order chi connectivity index (χ0) is 31.8. The van der Waals surface area contributed by atoms with Gasteiger partial charge in [0.2, 0.25) is 5.88 Å². The van der Waals surface area contributed by atoms with Crippen LogP contribution in [0, 0.1) is 0 Å². The summed E-state index contributed by atoms with van der Waals surface area (Å²) < 4.78 is 51.7. The summed E-state index contributed by atoms with van der Waals surface area (Å²) in [7, 11) is 1.54. The predicted octanol–water partition coefficient (Wildman–Crippen LogP) is 3.14. The van der Waals surface area contributed by atoms with Crippen molar-refractivity contribution in [2.24, 2.45) is 0 Å². The third-order valence-corrected chi connectivity index (χ3v) is 8.78. The van der Waals surface area contributed by atoms with Crippen LogP contribution in [0.15, 0.2) is 59.5 Å². The van der Waals surface area contributed by atoms with Gasteiger partial charge in [0.1, 0.15) is 5.52 Å². The molecule has 240 valence electrons. The largest absolute Gasteiger partial charge is 0.481 e. The molecule has 2 saturated heterocycles. The second kappa shape index (κ2) is 12.3. The van der Waals surface area contributed by atoms with Crippen LogP contribution in [0.5, 0.6) is 5.88 Å². The van der Waals surface area contributed by atoms with Crippen LogP contribution in [0.4, 0.5) is 18.9 Å². The molecule has 0 radical (unpaired) electrons. The first-order valence-corrected chi connectivity index (χ1v) is 15.3. The molecular formula is C32H34F3N9O2. The minimum Gasteiger partial charge on any atom is -0.481 e. The zero-order valence-corrected chi connectivity index (χ0v) is 25.3. The van der Waals surface area contributed by atoms with E-state index in [-0.39, 0.29) is 22.5 Å². The SMILES string of the molecule is COc1ccc(-c2ccc3c(c2)c2c(nnn2-c2ccc(N4CCNCC4)c(C(F)(F)F)c2)c(=O)n3CCN2CCNCC2)cn1. The molecule has 0 saturated carbocycles. The quantitative estimate of drug-likeness (QED) is 0.280. The van der Waals surface area contributed by atoms with Crippen LogP contribution in [0.1, 0.15) is 5.56 Å². The fourth-order valence-corrected chi connectivity index (χ4v) is 6.36. The van der Waals surface area contributed by atoms with E-state index in [0.29, 0.717) is 61.6 Å². The van der Waals surface area contributed by atoms with Crippen LogP contribution < -0.4 is 25.8 Å². The highest BCUT2D eigenvalue weighted by Gasteiger charge is 2.36. The molecule has 2 N–H and O–H groups in total. The van der Waals surface area contributed by atoms with Gasteiger partial charge in [0.25, 0.3) is 5.56 Å². The van der Waals surface area contributed by atoms with E-state index in [0.717, 1.165) is 43.4 Å². The summed E-state index contributed by atoms with van der Waals surface area (Å²) in [4.78, 5) is 22.3. The molecule has 46 heavy (non-hydrogen) atoms. The lowest BCUT2D eigenvalue weighted by Crippen LogP contribution is -2.45. The van der Waals surface area contributed by atoms with Crippen LogP contribution in [0.2, 0.25) is 0 Å². The summed E-state index contributed by atoms with van der Waals surface area (Å²) in [6.45, 7) is 6.77. The van der Waals surface area contributed by atoms with Gasteiger partial charge in [-0.05, 0) is 42.0 Å². The van der Waals surface area contributed by atoms with Gasteiger partial charge >= 0.3 is 6.18 Å². The van der Waals surface area contributed by atoms with Gasteiger partial charge in [0.05, 0.1) is 23.9 Å². The molecule has 0 bridgehead atoms. The number of pyridine rings is 2. The van der Waals surface area contributed by atoms with Crippen molar-refractivity contribution in [2.75, 3.05) is 70.9 Å². The van der Waals surface area contributed by atoms with Gasteiger partial charge in [0, 0.05) is 94.3 Å². The molecule has 2 aromatic carbocycles. The van der Waals surface area contributed by atoms with Crippen molar-refractivity contribution in [1.29, 1.82) is 0 Å². The Balaban J connectivity index is 1.40. The van der Waals surface area contributed by atoms with Gasteiger partial charge in [-0.15, -0.1) is 5.10 Å². The van der Waals surface area contributed by atoms with E-state index < -0.39 is 11.7 Å². The van der Waals surface area contributed by atoms with Crippen LogP contribution in [0.25, 0.3) is 38.8 Å². The van der Waals surface area contributed by atoms with E-state index in [2.05, 4.69) is 30.8 Å². The first-order chi connectivity index (χ1) is 22.3. The Morgan fingerprint density at radius 3 is 2.33 bits per heavy atom. The first-order valence-electron chi connectivity index (χ1n) is 15.3. The predicted molar refractivity (Wildman–Crippen MR) is 170 cm³/mol. The Bertz CT molecular complexity index is 1930. The maximum absolute atomic E-state index is 14.5. The first kappa shape index (κ1) is 30.1. The highest BCUT2D eigenvalue weighted by atomic mass is 19.4. The molecule has 14 heteroatoms. The Morgan fingerprint density at radius 2 is 1.63 bits per heavy atom. The van der Waals surface area contributed by atoms with E-state index in [1.807, 2.05) is 24.3 Å². The number of ether oxygens (including phenoxy) is 1. The Kier molecular flexibility index (Phi) is 8.09. The van der Waals surface area contributed by atoms with E-state index >= 15 is 0 Å². The topological polar surface area (TPSA) is 105 Å². The van der Waals surface area contributed by atoms with Gasteiger partial charge in [0.15, 0.2) is 5.52 Å². The molecule has 3 aromatic heterocycles. The van der Waals surface area contributed by atoms with E-state index in [9.17, 15) is 18.0 Å². The molecule has 2 aliphatic rings. The van der Waals surface area contributed by atoms with Crippen molar-refractivity contribution >= 4 is 27.6 Å². The molecule has 0 aliphatic carbocycles. The molecule has 5 aromatic rings. The second-order valence-electron chi connectivity index (χ2n) is 11.5. The monoisotopic (exact) mass is 633 g/mol. The van der Waals surface area contributed by atoms with Gasteiger partial charge in [-0.25, -0.2) is 9.67 Å². The van der Waals surface area contributed by atoms with E-state index in [1.54, 1.807) is 34.9 Å². The summed E-state index contributed by atoms with van der Waals surface area (Å²) in [5.74, 6) is 0.473. The van der Waals surface area contributed by atoms with Gasteiger partial charge in [-0.2, -0.15) is 13.2 Å². The van der Waals surface area contributed by atoms with Crippen molar-refractivity contribution in [3.05, 3.63) is 70.6 Å². The number of hydrogen-bond acceptors (Lipinski definition) is 9. The Hall–Kier alpha value is -4.53. The zero-order valence-electron chi connectivity index (χ0n) is 25.3. The molecule has 2 fully saturated rings. The lowest BCUT2D eigenvalue weighted by Gasteiger charge is -2.31. The molecule has 0 amide bonds. The maximum Gasteiger partial charge on any atom is 0.418 e. The van der Waals surface area contributed by atoms with Crippen LogP contribution in [-0.4, -0.2) is 95.5 Å². The lowest BCUT2D eigenvalue weighted by atomic mass is 10.0. The number of aromatic nitrogens is 5. The molecular weight excluding hydrogens is 599 g/mol. The summed E-state index contributed by atoms with van der Waals surface area (Å²) >= 11 is 0. The third-order valence-electron chi connectivity index (χ3n) is 8.78. The summed E-state index contributed by atoms with van der Waals surface area (Å²) in [5.41, 5.74) is 1.92. The molecule has 0 spiro atoms. The standard InChI is InChI=1S/C32H34F3N9O2/c1-46-28-7-3-22(20-38-28)21-2-5-26-24(18-21)30-29(31(45)43(26)17-16-41-12-8-36-9-13-41)39-40-44(30)23-4-6-27(25(19-23)32(33,34)35)42-14-10-37-11-15-42/h2-7,18-20,36-37H,8-17H2,1H3. The van der Waals surface area contributed by atoms with Crippen molar-refractivity contribution in [3.63, 3.8) is 0 Å². The minimum atomic E-state index is -4.60. The minimum absolute atomic E-state index is 0.0950. The molecule has 5 heterocycles. The molecule has 7 rings (SSSR count). The normalized spacial score (nSPS) is 16.4. The fraction of sp³-hybridized carbons (Fsp3) is 0.375. The molecule has 11 nitrogen and oxygen atoms in total. The number of nitrogens with one attached hydrogen (secondary N) is 2. The summed E-state index contributed by atoms with van der Waals surface area (Å²) in [6.07, 6.45) is -2.91. The Labute approximate surface area is 262 Å². The number of alkyl halides is 3. The second-order valence-corrected chi connectivity index (χ2v) is 11.5. The number of hydrogen-bond donors (Lipinski definition) is 2. The maximum atomic E-state index is 14.5. The van der Waals surface area contributed by atoms with Crippen LogP contribution in [0.3, 0.4) is 0 Å². The van der Waals surface area contributed by atoms with Gasteiger partial charge in [-0.1, -0.05) is 11.3 Å². The van der Waals surface area contributed by atoms with Crippen LogP contribution in [-0.2, 0) is 12.7 Å². The number of fused-ring (bicyclic) bond motifs is 3. The van der Waals surface area contributed by atoms with Crippen molar-refractivity contribution in [2.45, 2.75) is 12.7 Å². The van der Waals surface area contributed by atoms with E-state index in [4.69, 9.17) is 4.74 Å². The molecule has 0 unspecified atom stereocenters. The van der Waals surface area contributed by atoms with Crippen molar-refractivity contribution < 1.29 is 17.9 Å². The third kappa shape index (κ3) is 5.67. The number of halogens is 3. The van der Waals surface area contributed by atoms with Crippen LogP contribution >= 0.6 is 0 Å². The number of piperazine rings is 2. The number of methoxy groups -OCH3 is 1. The average Bonchev–Trinajstić information content (AvgIpc) is 3.54. The van der Waals surface area contributed by atoms with Gasteiger partial charge < -0.3 is 24.8 Å². The number of rotatable bonds is 7. The number of nitrogens with zero attached hydrogens (tertiary/aromatic N) is 7. The highest BCUT2D eigenvalue weighted by molar-refractivity contribution is 6.04. The van der Waals surface area contributed by atoms with Crippen molar-refractivity contribution in [1.82, 2.24) is 40.1 Å².